The van der Waals surface area contributed by atoms with Crippen LogP contribution in [0.25, 0.3) is 0 Å². The first-order valence-corrected chi connectivity index (χ1v) is 4.64. The number of anilines is 1. The second kappa shape index (κ2) is 4.56. The molecular weight excluding hydrogens is 176 g/mol. The van der Waals surface area contributed by atoms with Crippen LogP contribution in [0.4, 0.5) is 5.82 Å². The van der Waals surface area contributed by atoms with Crippen molar-refractivity contribution in [3.8, 4) is 6.07 Å². The zero-order valence-electron chi connectivity index (χ0n) is 8.73. The Morgan fingerprint density at radius 1 is 1.50 bits per heavy atom. The van der Waals surface area contributed by atoms with Gasteiger partial charge in [-0.3, -0.25) is 0 Å². The summed E-state index contributed by atoms with van der Waals surface area (Å²) in [6.45, 7) is 4.19. The summed E-state index contributed by atoms with van der Waals surface area (Å²) in [5.74, 6) is 0.657. The van der Waals surface area contributed by atoms with Gasteiger partial charge in [-0.15, -0.1) is 0 Å². The lowest BCUT2D eigenvalue weighted by Gasteiger charge is -2.24. The molecule has 1 aromatic rings. The highest BCUT2D eigenvalue weighted by Crippen LogP contribution is 2.15. The van der Waals surface area contributed by atoms with Gasteiger partial charge < -0.3 is 4.90 Å². The average Bonchev–Trinajstić information content (AvgIpc) is 2.26. The first-order valence-electron chi connectivity index (χ1n) is 4.64. The van der Waals surface area contributed by atoms with Gasteiger partial charge in [0, 0.05) is 25.5 Å². The number of hydrogen-bond donors (Lipinski definition) is 0. The maximum atomic E-state index is 8.84. The first kappa shape index (κ1) is 10.5. The molecule has 1 heterocycles. The summed E-state index contributed by atoms with van der Waals surface area (Å²) in [4.78, 5) is 10.1. The second-order valence-corrected chi connectivity index (χ2v) is 3.21. The summed E-state index contributed by atoms with van der Waals surface area (Å²) in [6, 6.07) is 2.40. The van der Waals surface area contributed by atoms with Gasteiger partial charge >= 0.3 is 0 Å². The van der Waals surface area contributed by atoms with Gasteiger partial charge in [-0.05, 0) is 13.3 Å². The van der Waals surface area contributed by atoms with Crippen LogP contribution in [0.3, 0.4) is 0 Å². The van der Waals surface area contributed by atoms with Crippen molar-refractivity contribution >= 4 is 5.82 Å². The maximum Gasteiger partial charge on any atom is 0.183 e. The van der Waals surface area contributed by atoms with Crippen LogP contribution in [0, 0.1) is 11.3 Å². The van der Waals surface area contributed by atoms with Gasteiger partial charge in [0.1, 0.15) is 6.07 Å². The van der Waals surface area contributed by atoms with Crippen LogP contribution in [0.1, 0.15) is 26.0 Å². The Morgan fingerprint density at radius 3 is 2.71 bits per heavy atom. The summed E-state index contributed by atoms with van der Waals surface area (Å²) >= 11 is 0. The van der Waals surface area contributed by atoms with Crippen molar-refractivity contribution in [2.24, 2.45) is 0 Å². The molecular formula is C10H14N4. The van der Waals surface area contributed by atoms with Crippen LogP contribution < -0.4 is 4.90 Å². The number of nitrogens with zero attached hydrogens (tertiary/aromatic N) is 4. The third-order valence-electron chi connectivity index (χ3n) is 2.37. The fourth-order valence-electron chi connectivity index (χ4n) is 1.15. The molecule has 0 fully saturated rings. The topological polar surface area (TPSA) is 52.8 Å². The van der Waals surface area contributed by atoms with Crippen LogP contribution in [-0.2, 0) is 0 Å². The Bertz CT molecular complexity index is 342. The third-order valence-corrected chi connectivity index (χ3v) is 2.37. The normalized spacial score (nSPS) is 11.9. The summed E-state index contributed by atoms with van der Waals surface area (Å²) in [5.41, 5.74) is 0.385. The van der Waals surface area contributed by atoms with Gasteiger partial charge in [-0.1, -0.05) is 6.92 Å². The van der Waals surface area contributed by atoms with E-state index in [9.17, 15) is 0 Å². The van der Waals surface area contributed by atoms with Gasteiger partial charge in [0.25, 0.3) is 0 Å². The molecule has 0 bridgehead atoms. The van der Waals surface area contributed by atoms with Crippen molar-refractivity contribution in [3.05, 3.63) is 18.1 Å². The highest BCUT2D eigenvalue weighted by atomic mass is 15.2. The Hall–Kier alpha value is -1.63. The standard InChI is InChI=1S/C10H14N4/c1-4-8(2)14(3)10-9(7-11)12-5-6-13-10/h5-6,8H,4H2,1-3H3. The van der Waals surface area contributed by atoms with Crippen LogP contribution in [0.15, 0.2) is 12.4 Å². The molecule has 1 atom stereocenters. The molecule has 1 unspecified atom stereocenters. The zero-order valence-corrected chi connectivity index (χ0v) is 8.73. The van der Waals surface area contributed by atoms with E-state index in [1.54, 1.807) is 6.20 Å². The molecule has 4 nitrogen and oxygen atoms in total. The lowest BCUT2D eigenvalue weighted by molar-refractivity contribution is 0.654. The highest BCUT2D eigenvalue weighted by molar-refractivity contribution is 5.49. The van der Waals surface area contributed by atoms with Crippen LogP contribution in [-0.4, -0.2) is 23.1 Å². The predicted molar refractivity (Wildman–Crippen MR) is 54.9 cm³/mol. The van der Waals surface area contributed by atoms with Crippen molar-refractivity contribution in [1.82, 2.24) is 9.97 Å². The van der Waals surface area contributed by atoms with E-state index in [1.807, 2.05) is 18.0 Å². The summed E-state index contributed by atoms with van der Waals surface area (Å²) < 4.78 is 0. The Morgan fingerprint density at radius 2 is 2.14 bits per heavy atom. The fraction of sp³-hybridized carbons (Fsp3) is 0.500. The van der Waals surface area contributed by atoms with E-state index in [0.29, 0.717) is 17.6 Å². The SMILES string of the molecule is CCC(C)N(C)c1nccnc1C#N. The van der Waals surface area contributed by atoms with Gasteiger partial charge in [0.05, 0.1) is 0 Å². The van der Waals surface area contributed by atoms with Crippen LogP contribution >= 0.6 is 0 Å². The molecule has 74 valence electrons. The molecule has 14 heavy (non-hydrogen) atoms. The fourth-order valence-corrected chi connectivity index (χ4v) is 1.15. The Labute approximate surface area is 84.2 Å². The quantitative estimate of drug-likeness (QED) is 0.726. The van der Waals surface area contributed by atoms with Gasteiger partial charge in [0.2, 0.25) is 0 Å². The number of nitriles is 1. The molecule has 0 aliphatic heterocycles. The predicted octanol–water partition coefficient (Wildman–Crippen LogP) is 1.58. The first-order chi connectivity index (χ1) is 6.70. The van der Waals surface area contributed by atoms with Crippen molar-refractivity contribution < 1.29 is 0 Å². The van der Waals surface area contributed by atoms with Crippen molar-refractivity contribution in [2.75, 3.05) is 11.9 Å². The van der Waals surface area contributed by atoms with Crippen molar-refractivity contribution in [3.63, 3.8) is 0 Å². The number of hydrogen-bond acceptors (Lipinski definition) is 4. The summed E-state index contributed by atoms with van der Waals surface area (Å²) in [5, 5.41) is 8.84. The van der Waals surface area contributed by atoms with Crippen molar-refractivity contribution in [1.29, 1.82) is 5.26 Å². The van der Waals surface area contributed by atoms with Gasteiger partial charge in [-0.2, -0.15) is 5.26 Å². The van der Waals surface area contributed by atoms with Crippen LogP contribution in [0.2, 0.25) is 0 Å². The van der Waals surface area contributed by atoms with E-state index < -0.39 is 0 Å². The summed E-state index contributed by atoms with van der Waals surface area (Å²) in [6.07, 6.45) is 4.15. The van der Waals surface area contributed by atoms with Gasteiger partial charge in [0.15, 0.2) is 11.5 Å². The molecule has 0 amide bonds. The number of rotatable bonds is 3. The zero-order chi connectivity index (χ0) is 10.6. The second-order valence-electron chi connectivity index (χ2n) is 3.21. The molecule has 0 aliphatic rings. The summed E-state index contributed by atoms with van der Waals surface area (Å²) in [7, 11) is 1.93. The monoisotopic (exact) mass is 190 g/mol. The van der Waals surface area contributed by atoms with E-state index >= 15 is 0 Å². The Balaban J connectivity index is 3.01. The largest absolute Gasteiger partial charge is 0.355 e. The van der Waals surface area contributed by atoms with Crippen molar-refractivity contribution in [2.45, 2.75) is 26.3 Å². The minimum absolute atomic E-state index is 0.360. The molecule has 1 aromatic heterocycles. The maximum absolute atomic E-state index is 8.84. The van der Waals surface area contributed by atoms with E-state index in [2.05, 4.69) is 23.8 Å². The molecule has 0 saturated carbocycles. The molecule has 1 rings (SSSR count). The third kappa shape index (κ3) is 1.99. The smallest absolute Gasteiger partial charge is 0.183 e. The van der Waals surface area contributed by atoms with E-state index in [4.69, 9.17) is 5.26 Å². The molecule has 0 spiro atoms. The van der Waals surface area contributed by atoms with Crippen LogP contribution in [0.5, 0.6) is 0 Å². The Kier molecular flexibility index (Phi) is 3.41. The molecule has 0 saturated heterocycles. The number of aromatic nitrogens is 2. The molecule has 0 aliphatic carbocycles. The molecule has 0 N–H and O–H groups in total. The van der Waals surface area contributed by atoms with Gasteiger partial charge in [-0.25, -0.2) is 9.97 Å². The lowest BCUT2D eigenvalue weighted by atomic mass is 10.2. The lowest BCUT2D eigenvalue weighted by Crippen LogP contribution is -2.29. The minimum Gasteiger partial charge on any atom is -0.355 e. The molecule has 4 heteroatoms. The average molecular weight is 190 g/mol. The minimum atomic E-state index is 0.360. The molecule has 0 radical (unpaired) electrons. The van der Waals surface area contributed by atoms with E-state index in [-0.39, 0.29) is 0 Å². The highest BCUT2D eigenvalue weighted by Gasteiger charge is 2.13. The van der Waals surface area contributed by atoms with E-state index in [1.165, 1.54) is 6.20 Å². The molecule has 0 aromatic carbocycles. The van der Waals surface area contributed by atoms with E-state index in [0.717, 1.165) is 6.42 Å².